The lowest BCUT2D eigenvalue weighted by Crippen LogP contribution is -1.97. The largest absolute Gasteiger partial charge is 0.361 e. The predicted molar refractivity (Wildman–Crippen MR) is 103 cm³/mol. The zero-order chi connectivity index (χ0) is 16.2. The number of fused-ring (bicyclic) bond motifs is 1. The summed E-state index contributed by atoms with van der Waals surface area (Å²) in [6.45, 7) is 0. The first-order chi connectivity index (χ1) is 11.1. The maximum atomic E-state index is 12.4. The minimum Gasteiger partial charge on any atom is -0.361 e. The van der Waals surface area contributed by atoms with Gasteiger partial charge in [-0.2, -0.15) is 0 Å². The van der Waals surface area contributed by atoms with Crippen LogP contribution in [-0.2, 0) is 0 Å². The van der Waals surface area contributed by atoms with Crippen LogP contribution in [0.15, 0.2) is 81.9 Å². The van der Waals surface area contributed by atoms with Crippen molar-refractivity contribution in [3.8, 4) is 0 Å². The smallest absolute Gasteiger partial charge is 0.187 e. The molecule has 3 aromatic rings. The number of carbonyl (C=O) groups excluding carboxylic acids is 1. The average molecular weight is 431 g/mol. The Hall–Kier alpha value is -1.91. The van der Waals surface area contributed by atoms with Gasteiger partial charge < -0.3 is 5.32 Å². The van der Waals surface area contributed by atoms with Crippen LogP contribution in [0.1, 0.15) is 10.4 Å². The summed E-state index contributed by atoms with van der Waals surface area (Å²) in [4.78, 5) is 12.4. The molecule has 3 rings (SSSR count). The van der Waals surface area contributed by atoms with Crippen molar-refractivity contribution in [2.75, 3.05) is 5.32 Å². The number of ketones is 1. The lowest BCUT2D eigenvalue weighted by atomic mass is 10.0. The van der Waals surface area contributed by atoms with Crippen LogP contribution in [0.4, 0.5) is 5.69 Å². The number of rotatable bonds is 4. The molecule has 3 aromatic carbocycles. The number of benzene rings is 3. The molecule has 0 aliphatic heterocycles. The highest BCUT2D eigenvalue weighted by Gasteiger charge is 2.06. The van der Waals surface area contributed by atoms with E-state index in [1.165, 1.54) is 0 Å². The van der Waals surface area contributed by atoms with Gasteiger partial charge in [0.05, 0.1) is 5.69 Å². The SMILES string of the molecule is O=C(/C=C/Nc1ccc(Br)cc1Br)c1cccc2ccccc12. The number of nitrogens with one attached hydrogen (secondary N) is 1. The van der Waals surface area contributed by atoms with E-state index in [9.17, 15) is 4.79 Å². The highest BCUT2D eigenvalue weighted by molar-refractivity contribution is 9.11. The first-order valence-electron chi connectivity index (χ1n) is 7.05. The van der Waals surface area contributed by atoms with Crippen LogP contribution in [0.5, 0.6) is 0 Å². The van der Waals surface area contributed by atoms with Gasteiger partial charge in [-0.25, -0.2) is 0 Å². The van der Waals surface area contributed by atoms with E-state index >= 15 is 0 Å². The van der Waals surface area contributed by atoms with Crippen LogP contribution in [0.25, 0.3) is 10.8 Å². The zero-order valence-electron chi connectivity index (χ0n) is 12.1. The van der Waals surface area contributed by atoms with Crippen molar-refractivity contribution in [3.63, 3.8) is 0 Å². The van der Waals surface area contributed by atoms with E-state index in [4.69, 9.17) is 0 Å². The van der Waals surface area contributed by atoms with E-state index in [1.54, 1.807) is 12.3 Å². The van der Waals surface area contributed by atoms with Gasteiger partial charge in [-0.05, 0) is 44.9 Å². The Morgan fingerprint density at radius 2 is 1.74 bits per heavy atom. The molecule has 0 unspecified atom stereocenters. The second kappa shape index (κ2) is 7.11. The molecule has 0 radical (unpaired) electrons. The van der Waals surface area contributed by atoms with Crippen LogP contribution in [0.2, 0.25) is 0 Å². The summed E-state index contributed by atoms with van der Waals surface area (Å²) in [5.74, 6) is -0.0254. The van der Waals surface area contributed by atoms with E-state index in [0.717, 1.165) is 25.4 Å². The minimum absolute atomic E-state index is 0.0254. The third kappa shape index (κ3) is 3.71. The lowest BCUT2D eigenvalue weighted by molar-refractivity contribution is 0.104. The molecule has 0 bridgehead atoms. The molecule has 0 aliphatic carbocycles. The standard InChI is InChI=1S/C19H13Br2NO/c20-14-8-9-18(17(21)12-14)22-11-10-19(23)16-7-3-5-13-4-1-2-6-15(13)16/h1-12,22H/b11-10+. The molecular weight excluding hydrogens is 418 g/mol. The molecule has 0 aliphatic rings. The van der Waals surface area contributed by atoms with Crippen LogP contribution in [0.3, 0.4) is 0 Å². The molecule has 0 aromatic heterocycles. The van der Waals surface area contributed by atoms with Crippen LogP contribution in [-0.4, -0.2) is 5.78 Å². The van der Waals surface area contributed by atoms with Crippen molar-refractivity contribution >= 4 is 54.1 Å². The highest BCUT2D eigenvalue weighted by atomic mass is 79.9. The Bertz CT molecular complexity index is 898. The fourth-order valence-electron chi connectivity index (χ4n) is 2.34. The van der Waals surface area contributed by atoms with Gasteiger partial charge >= 0.3 is 0 Å². The monoisotopic (exact) mass is 429 g/mol. The second-order valence-corrected chi connectivity index (χ2v) is 6.76. The summed E-state index contributed by atoms with van der Waals surface area (Å²) in [5.41, 5.74) is 1.60. The van der Waals surface area contributed by atoms with E-state index in [0.29, 0.717) is 5.56 Å². The van der Waals surface area contributed by atoms with Gasteiger partial charge in [0, 0.05) is 26.8 Å². The van der Waals surface area contributed by atoms with Gasteiger partial charge in [0.15, 0.2) is 5.78 Å². The van der Waals surface area contributed by atoms with Crippen molar-refractivity contribution in [3.05, 3.63) is 87.4 Å². The fourth-order valence-corrected chi connectivity index (χ4v) is 3.51. The maximum Gasteiger partial charge on any atom is 0.187 e. The van der Waals surface area contributed by atoms with Crippen LogP contribution in [0, 0.1) is 0 Å². The van der Waals surface area contributed by atoms with Gasteiger partial charge in [0.25, 0.3) is 0 Å². The normalized spacial score (nSPS) is 11.0. The number of halogens is 2. The Morgan fingerprint density at radius 3 is 2.57 bits per heavy atom. The summed E-state index contributed by atoms with van der Waals surface area (Å²) >= 11 is 6.89. The number of allylic oxidation sites excluding steroid dienone is 1. The molecule has 0 amide bonds. The Balaban J connectivity index is 1.80. The van der Waals surface area contributed by atoms with E-state index in [2.05, 4.69) is 37.2 Å². The first kappa shape index (κ1) is 16.0. The van der Waals surface area contributed by atoms with Crippen molar-refractivity contribution in [1.82, 2.24) is 0 Å². The molecule has 4 heteroatoms. The zero-order valence-corrected chi connectivity index (χ0v) is 15.3. The van der Waals surface area contributed by atoms with Crippen molar-refractivity contribution < 1.29 is 4.79 Å². The molecule has 0 saturated heterocycles. The Morgan fingerprint density at radius 1 is 0.957 bits per heavy atom. The average Bonchev–Trinajstić information content (AvgIpc) is 2.56. The second-order valence-electron chi connectivity index (χ2n) is 4.99. The predicted octanol–water partition coefficient (Wildman–Crippen LogP) is 6.17. The van der Waals surface area contributed by atoms with E-state index in [1.807, 2.05) is 60.7 Å². The molecule has 0 atom stereocenters. The molecule has 0 heterocycles. The van der Waals surface area contributed by atoms with Crippen molar-refractivity contribution in [2.45, 2.75) is 0 Å². The molecular formula is C19H13Br2NO. The number of carbonyl (C=O) groups is 1. The summed E-state index contributed by atoms with van der Waals surface area (Å²) in [5, 5.41) is 5.15. The van der Waals surface area contributed by atoms with Gasteiger partial charge in [-0.15, -0.1) is 0 Å². The third-order valence-electron chi connectivity index (χ3n) is 3.46. The topological polar surface area (TPSA) is 29.1 Å². The summed E-state index contributed by atoms with van der Waals surface area (Å²) in [6.07, 6.45) is 3.22. The quantitative estimate of drug-likeness (QED) is 0.395. The van der Waals surface area contributed by atoms with E-state index < -0.39 is 0 Å². The van der Waals surface area contributed by atoms with Gasteiger partial charge in [0.2, 0.25) is 0 Å². The lowest BCUT2D eigenvalue weighted by Gasteiger charge is -2.05. The van der Waals surface area contributed by atoms with Gasteiger partial charge in [0.1, 0.15) is 0 Å². The molecule has 2 nitrogen and oxygen atoms in total. The van der Waals surface area contributed by atoms with E-state index in [-0.39, 0.29) is 5.78 Å². The molecule has 1 N–H and O–H groups in total. The van der Waals surface area contributed by atoms with Gasteiger partial charge in [-0.3, -0.25) is 4.79 Å². The Kier molecular flexibility index (Phi) is 4.94. The van der Waals surface area contributed by atoms with Crippen molar-refractivity contribution in [2.24, 2.45) is 0 Å². The first-order valence-corrected chi connectivity index (χ1v) is 8.64. The minimum atomic E-state index is -0.0254. The van der Waals surface area contributed by atoms with Crippen LogP contribution >= 0.6 is 31.9 Å². The molecule has 23 heavy (non-hydrogen) atoms. The molecule has 114 valence electrons. The number of hydrogen-bond acceptors (Lipinski definition) is 2. The molecule has 0 saturated carbocycles. The summed E-state index contributed by atoms with van der Waals surface area (Å²) < 4.78 is 1.92. The molecule has 0 spiro atoms. The molecule has 0 fully saturated rings. The number of hydrogen-bond donors (Lipinski definition) is 1. The highest BCUT2D eigenvalue weighted by Crippen LogP contribution is 2.26. The summed E-state index contributed by atoms with van der Waals surface area (Å²) in [7, 11) is 0. The fraction of sp³-hybridized carbons (Fsp3) is 0. The number of anilines is 1. The van der Waals surface area contributed by atoms with Gasteiger partial charge in [-0.1, -0.05) is 58.4 Å². The summed E-state index contributed by atoms with van der Waals surface area (Å²) in [6, 6.07) is 19.5. The maximum absolute atomic E-state index is 12.4. The Labute approximate surface area is 151 Å². The van der Waals surface area contributed by atoms with Crippen molar-refractivity contribution in [1.29, 1.82) is 0 Å². The third-order valence-corrected chi connectivity index (χ3v) is 4.61. The van der Waals surface area contributed by atoms with Crippen LogP contribution < -0.4 is 5.32 Å².